The molecule has 0 heterocycles. The van der Waals surface area contributed by atoms with Gasteiger partial charge in [-0.05, 0) is 44.2 Å². The molecule has 0 saturated carbocycles. The summed E-state index contributed by atoms with van der Waals surface area (Å²) in [5.74, 6) is -0.922. The number of esters is 1. The third kappa shape index (κ3) is 5.56. The van der Waals surface area contributed by atoms with E-state index in [2.05, 4.69) is 15.9 Å². The highest BCUT2D eigenvalue weighted by Crippen LogP contribution is 2.29. The molecule has 0 saturated heterocycles. The molecular weight excluding hydrogens is 433 g/mol. The second kappa shape index (κ2) is 9.90. The first-order chi connectivity index (χ1) is 12.9. The number of carbonyl (C=O) groups is 2. The molecule has 27 heavy (non-hydrogen) atoms. The largest absolute Gasteiger partial charge is 0.468 e. The Kier molecular flexibility index (Phi) is 7.86. The van der Waals surface area contributed by atoms with Crippen molar-refractivity contribution in [1.82, 2.24) is 4.90 Å². The number of benzene rings is 2. The number of hydrogen-bond donors (Lipinski definition) is 0. The van der Waals surface area contributed by atoms with Gasteiger partial charge in [-0.15, -0.1) is 11.8 Å². The molecule has 0 aliphatic carbocycles. The summed E-state index contributed by atoms with van der Waals surface area (Å²) in [6.45, 7) is 4.16. The fourth-order valence-electron chi connectivity index (χ4n) is 2.52. The minimum absolute atomic E-state index is 0.159. The average Bonchev–Trinajstić information content (AvgIpc) is 2.67. The molecule has 2 aromatic rings. The van der Waals surface area contributed by atoms with Crippen LogP contribution in [0.4, 0.5) is 4.39 Å². The summed E-state index contributed by atoms with van der Waals surface area (Å²) in [5, 5.41) is -0.443. The molecule has 0 fully saturated rings. The molecule has 1 amide bonds. The summed E-state index contributed by atoms with van der Waals surface area (Å²) in [6, 6.07) is 11.8. The topological polar surface area (TPSA) is 46.6 Å². The van der Waals surface area contributed by atoms with Crippen LogP contribution in [0.3, 0.4) is 0 Å². The fraction of sp³-hybridized carbons (Fsp3) is 0.300. The van der Waals surface area contributed by atoms with E-state index in [9.17, 15) is 14.0 Å². The van der Waals surface area contributed by atoms with Crippen molar-refractivity contribution in [2.24, 2.45) is 0 Å². The number of rotatable bonds is 7. The zero-order valence-electron chi connectivity index (χ0n) is 15.4. The van der Waals surface area contributed by atoms with Crippen molar-refractivity contribution in [3.8, 4) is 0 Å². The van der Waals surface area contributed by atoms with E-state index in [-0.39, 0.29) is 24.2 Å². The molecule has 1 atom stereocenters. The highest BCUT2D eigenvalue weighted by Gasteiger charge is 2.22. The number of carbonyl (C=O) groups excluding carboxylic acids is 2. The lowest BCUT2D eigenvalue weighted by atomic mass is 10.1. The van der Waals surface area contributed by atoms with Crippen LogP contribution in [0, 0.1) is 5.82 Å². The van der Waals surface area contributed by atoms with Gasteiger partial charge in [0.15, 0.2) is 0 Å². The van der Waals surface area contributed by atoms with Crippen molar-refractivity contribution in [2.75, 3.05) is 13.7 Å². The van der Waals surface area contributed by atoms with Crippen LogP contribution in [0.15, 0.2) is 51.8 Å². The van der Waals surface area contributed by atoms with Crippen LogP contribution >= 0.6 is 27.7 Å². The zero-order valence-corrected chi connectivity index (χ0v) is 17.8. The molecule has 0 aliphatic heterocycles. The maximum Gasteiger partial charge on any atom is 0.318 e. The van der Waals surface area contributed by atoms with E-state index in [0.29, 0.717) is 22.6 Å². The summed E-state index contributed by atoms with van der Waals surface area (Å²) >= 11 is 4.60. The van der Waals surface area contributed by atoms with Crippen LogP contribution in [0.1, 0.15) is 29.8 Å². The van der Waals surface area contributed by atoms with Gasteiger partial charge in [-0.25, -0.2) is 4.39 Å². The maximum atomic E-state index is 14.1. The Morgan fingerprint density at radius 2 is 1.96 bits per heavy atom. The predicted octanol–water partition coefficient (Wildman–Crippen LogP) is 4.90. The molecule has 4 nitrogen and oxygen atoms in total. The van der Waals surface area contributed by atoms with Gasteiger partial charge in [-0.3, -0.25) is 9.59 Å². The predicted molar refractivity (Wildman–Crippen MR) is 108 cm³/mol. The van der Waals surface area contributed by atoms with E-state index >= 15 is 0 Å². The van der Waals surface area contributed by atoms with Gasteiger partial charge in [0.05, 0.1) is 12.7 Å². The lowest BCUT2D eigenvalue weighted by Crippen LogP contribution is -2.31. The van der Waals surface area contributed by atoms with Gasteiger partial charge in [0.25, 0.3) is 5.91 Å². The number of methoxy groups -OCH3 is 1. The number of thioether (sulfide) groups is 1. The Balaban J connectivity index is 2.27. The standard InChI is InChI=1S/C20H21BrFNO3S/c1-4-23(12-14-11-15(21)9-10-17(14)22)19(24)16-7-5-6-8-18(16)27-13(2)20(25)26-3/h5-11,13H,4,12H2,1-3H3. The van der Waals surface area contributed by atoms with E-state index in [4.69, 9.17) is 4.74 Å². The van der Waals surface area contributed by atoms with Crippen LogP contribution in [0.2, 0.25) is 0 Å². The highest BCUT2D eigenvalue weighted by molar-refractivity contribution is 9.10. The third-order valence-corrected chi connectivity index (χ3v) is 5.64. The summed E-state index contributed by atoms with van der Waals surface area (Å²) in [7, 11) is 1.34. The first kappa shape index (κ1) is 21.4. The smallest absolute Gasteiger partial charge is 0.318 e. The van der Waals surface area contributed by atoms with Crippen LogP contribution in [0.5, 0.6) is 0 Å². The number of hydrogen-bond acceptors (Lipinski definition) is 4. The van der Waals surface area contributed by atoms with Crippen LogP contribution in [0.25, 0.3) is 0 Å². The summed E-state index contributed by atoms with van der Waals surface area (Å²) in [6.07, 6.45) is 0. The van der Waals surface area contributed by atoms with Crippen molar-refractivity contribution in [3.05, 3.63) is 63.9 Å². The van der Waals surface area contributed by atoms with E-state index < -0.39 is 5.25 Å². The molecule has 0 radical (unpaired) electrons. The first-order valence-electron chi connectivity index (χ1n) is 8.44. The molecule has 0 aliphatic rings. The number of ether oxygens (including phenoxy) is 1. The van der Waals surface area contributed by atoms with Crippen molar-refractivity contribution in [1.29, 1.82) is 0 Å². The molecular formula is C20H21BrFNO3S. The monoisotopic (exact) mass is 453 g/mol. The highest BCUT2D eigenvalue weighted by atomic mass is 79.9. The number of halogens is 2. The van der Waals surface area contributed by atoms with Gasteiger partial charge in [0.2, 0.25) is 0 Å². The van der Waals surface area contributed by atoms with Gasteiger partial charge in [0.1, 0.15) is 11.1 Å². The SMILES string of the molecule is CCN(Cc1cc(Br)ccc1F)C(=O)c1ccccc1SC(C)C(=O)OC. The maximum absolute atomic E-state index is 14.1. The van der Waals surface area contributed by atoms with Gasteiger partial charge in [-0.2, -0.15) is 0 Å². The molecule has 2 aromatic carbocycles. The van der Waals surface area contributed by atoms with E-state index in [1.54, 1.807) is 42.2 Å². The molecule has 7 heteroatoms. The number of nitrogens with zero attached hydrogens (tertiary/aromatic N) is 1. The summed E-state index contributed by atoms with van der Waals surface area (Å²) in [5.41, 5.74) is 0.920. The molecule has 2 rings (SSSR count). The molecule has 144 valence electrons. The second-order valence-corrected chi connectivity index (χ2v) is 8.13. The summed E-state index contributed by atoms with van der Waals surface area (Å²) in [4.78, 5) is 27.1. The van der Waals surface area contributed by atoms with Gasteiger partial charge in [-0.1, -0.05) is 28.1 Å². The molecule has 0 spiro atoms. The van der Waals surface area contributed by atoms with E-state index in [1.165, 1.54) is 24.9 Å². The van der Waals surface area contributed by atoms with Gasteiger partial charge < -0.3 is 9.64 Å². The lowest BCUT2D eigenvalue weighted by Gasteiger charge is -2.23. The van der Waals surface area contributed by atoms with Crippen molar-refractivity contribution >= 4 is 39.6 Å². The zero-order chi connectivity index (χ0) is 20.0. The average molecular weight is 454 g/mol. The Morgan fingerprint density at radius 3 is 2.63 bits per heavy atom. The number of amides is 1. The lowest BCUT2D eigenvalue weighted by molar-refractivity contribution is -0.139. The normalized spacial score (nSPS) is 11.7. The van der Waals surface area contributed by atoms with Crippen molar-refractivity contribution in [3.63, 3.8) is 0 Å². The Morgan fingerprint density at radius 1 is 1.26 bits per heavy atom. The van der Waals surface area contributed by atoms with Crippen LogP contribution in [-0.2, 0) is 16.1 Å². The molecule has 1 unspecified atom stereocenters. The summed E-state index contributed by atoms with van der Waals surface area (Å²) < 4.78 is 19.6. The Labute approximate surface area is 171 Å². The molecule has 0 bridgehead atoms. The van der Waals surface area contributed by atoms with Gasteiger partial charge in [0, 0.05) is 28.0 Å². The van der Waals surface area contributed by atoms with E-state index in [0.717, 1.165) is 4.47 Å². The fourth-order valence-corrected chi connectivity index (χ4v) is 3.94. The molecule has 0 N–H and O–H groups in total. The Bertz CT molecular complexity index is 831. The first-order valence-corrected chi connectivity index (χ1v) is 10.1. The van der Waals surface area contributed by atoms with E-state index in [1.807, 2.05) is 13.0 Å². The van der Waals surface area contributed by atoms with Gasteiger partial charge >= 0.3 is 5.97 Å². The minimum Gasteiger partial charge on any atom is -0.468 e. The van der Waals surface area contributed by atoms with Crippen LogP contribution in [-0.4, -0.2) is 35.7 Å². The minimum atomic E-state index is -0.443. The van der Waals surface area contributed by atoms with Crippen molar-refractivity contribution in [2.45, 2.75) is 30.5 Å². The third-order valence-electron chi connectivity index (χ3n) is 3.99. The Hall–Kier alpha value is -1.86. The molecule has 0 aromatic heterocycles. The van der Waals surface area contributed by atoms with Crippen LogP contribution < -0.4 is 0 Å². The van der Waals surface area contributed by atoms with Crippen molar-refractivity contribution < 1.29 is 18.7 Å². The second-order valence-electron chi connectivity index (χ2n) is 5.83. The quantitative estimate of drug-likeness (QED) is 0.441.